The number of benzene rings is 2. The highest BCUT2D eigenvalue weighted by Crippen LogP contribution is 2.46. The summed E-state index contributed by atoms with van der Waals surface area (Å²) in [7, 11) is 3.48. The maximum atomic E-state index is 15.2. The minimum Gasteiger partial charge on any atom is -0.480 e. The van der Waals surface area contributed by atoms with Crippen molar-refractivity contribution in [3.8, 4) is 5.75 Å². The first-order chi connectivity index (χ1) is 30.4. The standard InChI is InChI=1S/C44H50ClF2N11O5/c1-54-32-10-8-26(18-30(32)36-38(42(54)62)63-23-44(46,47)39(51-36)25-6-7-25)49-40-31(45)19-48-43(52-40)56-14-12-24(13-15-56)20-57-16-17-58(21-27(57)22-59)33-5-3-4-28-35(53-55(2)37(28)33)29-9-11-34(60)50-41(29)61/h3-5,8,10,18-19,24-25,27,29,39,51,59H,6-7,9,11-17,20-23H2,1-2H3,(H,48,49,52)(H,50,60,61)/t27-,29?,39+/m1/s1. The average molecular weight is 886 g/mol. The van der Waals surface area contributed by atoms with Gasteiger partial charge < -0.3 is 34.8 Å². The summed E-state index contributed by atoms with van der Waals surface area (Å²) in [6, 6.07) is 10.2. The highest BCUT2D eigenvalue weighted by molar-refractivity contribution is 6.33. The fraction of sp³-hybridized carbons (Fsp3) is 0.500. The molecule has 0 bridgehead atoms. The molecule has 2 amide bonds. The normalized spacial score (nSPS) is 23.3. The number of carbonyl (C=O) groups is 2. The number of anilines is 5. The van der Waals surface area contributed by atoms with E-state index in [1.165, 1.54) is 4.57 Å². The summed E-state index contributed by atoms with van der Waals surface area (Å²) in [4.78, 5) is 54.1. The summed E-state index contributed by atoms with van der Waals surface area (Å²) in [6.45, 7) is 3.66. The van der Waals surface area contributed by atoms with Crippen molar-refractivity contribution in [3.05, 3.63) is 63.7 Å². The first kappa shape index (κ1) is 41.4. The van der Waals surface area contributed by atoms with Crippen LogP contribution in [0.1, 0.15) is 50.1 Å². The van der Waals surface area contributed by atoms with E-state index in [1.54, 1.807) is 31.4 Å². The molecule has 0 spiro atoms. The molecule has 4 aliphatic heterocycles. The molecule has 10 rings (SSSR count). The molecule has 63 heavy (non-hydrogen) atoms. The van der Waals surface area contributed by atoms with Gasteiger partial charge in [-0.05, 0) is 68.2 Å². The molecule has 1 saturated carbocycles. The van der Waals surface area contributed by atoms with Crippen molar-refractivity contribution in [1.82, 2.24) is 34.5 Å². The van der Waals surface area contributed by atoms with Crippen molar-refractivity contribution < 1.29 is 28.2 Å². The fourth-order valence-electron chi connectivity index (χ4n) is 10.0. The second-order valence-corrected chi connectivity index (χ2v) is 18.1. The van der Waals surface area contributed by atoms with Crippen LogP contribution in [0.15, 0.2) is 47.4 Å². The van der Waals surface area contributed by atoms with E-state index in [9.17, 15) is 19.5 Å². The Morgan fingerprint density at radius 3 is 2.57 bits per heavy atom. The Kier molecular flexibility index (Phi) is 10.6. The Hall–Kier alpha value is -5.59. The second-order valence-electron chi connectivity index (χ2n) is 17.7. The van der Waals surface area contributed by atoms with Crippen LogP contribution in [-0.2, 0) is 23.7 Å². The van der Waals surface area contributed by atoms with Crippen LogP contribution < -0.4 is 36.0 Å². The third kappa shape index (κ3) is 7.69. The van der Waals surface area contributed by atoms with E-state index < -0.39 is 30.0 Å². The van der Waals surface area contributed by atoms with Crippen molar-refractivity contribution in [2.24, 2.45) is 25.9 Å². The summed E-state index contributed by atoms with van der Waals surface area (Å²) in [5.41, 5.74) is 3.56. The van der Waals surface area contributed by atoms with Gasteiger partial charge in [0.1, 0.15) is 5.02 Å². The summed E-state index contributed by atoms with van der Waals surface area (Å²) >= 11 is 6.64. The van der Waals surface area contributed by atoms with Crippen LogP contribution in [0.5, 0.6) is 5.75 Å². The van der Waals surface area contributed by atoms with Crippen LogP contribution in [0.25, 0.3) is 21.8 Å². The topological polar surface area (TPSA) is 175 Å². The minimum absolute atomic E-state index is 0.0195. The van der Waals surface area contributed by atoms with E-state index in [4.69, 9.17) is 26.4 Å². The number of nitrogens with one attached hydrogen (secondary N) is 3. The predicted molar refractivity (Wildman–Crippen MR) is 236 cm³/mol. The monoisotopic (exact) mass is 885 g/mol. The Morgan fingerprint density at radius 2 is 1.81 bits per heavy atom. The third-order valence-corrected chi connectivity index (χ3v) is 13.9. The first-order valence-corrected chi connectivity index (χ1v) is 22.1. The highest BCUT2D eigenvalue weighted by Gasteiger charge is 2.51. The van der Waals surface area contributed by atoms with Crippen LogP contribution in [-0.4, -0.2) is 117 Å². The number of carbonyl (C=O) groups excluding carboxylic acids is 2. The van der Waals surface area contributed by atoms with Crippen LogP contribution in [0.3, 0.4) is 0 Å². The molecule has 4 fully saturated rings. The van der Waals surface area contributed by atoms with Gasteiger partial charge >= 0.3 is 5.92 Å². The number of ether oxygens (including phenoxy) is 1. The summed E-state index contributed by atoms with van der Waals surface area (Å²) in [5.74, 6) is -3.17. The zero-order valence-electron chi connectivity index (χ0n) is 35.1. The molecule has 5 aromatic rings. The van der Waals surface area contributed by atoms with Crippen LogP contribution >= 0.6 is 11.6 Å². The number of alkyl halides is 2. The van der Waals surface area contributed by atoms with Crippen molar-refractivity contribution >= 4 is 74.0 Å². The number of hydrogen-bond acceptors (Lipinski definition) is 13. The molecule has 7 heterocycles. The van der Waals surface area contributed by atoms with Crippen molar-refractivity contribution in [2.75, 3.05) is 72.9 Å². The van der Waals surface area contributed by atoms with Crippen molar-refractivity contribution in [2.45, 2.75) is 62.4 Å². The van der Waals surface area contributed by atoms with Crippen molar-refractivity contribution in [1.29, 1.82) is 0 Å². The van der Waals surface area contributed by atoms with Gasteiger partial charge in [-0.2, -0.15) is 10.1 Å². The Morgan fingerprint density at radius 1 is 1.00 bits per heavy atom. The lowest BCUT2D eigenvalue weighted by Gasteiger charge is -2.44. The molecule has 1 unspecified atom stereocenters. The van der Waals surface area contributed by atoms with E-state index in [-0.39, 0.29) is 48.2 Å². The molecule has 16 nitrogen and oxygen atoms in total. The number of para-hydroxylation sites is 1. The molecule has 4 N–H and O–H groups in total. The number of imide groups is 1. The number of aliphatic hydroxyl groups excluding tert-OH is 1. The molecular formula is C44H50ClF2N11O5. The van der Waals surface area contributed by atoms with Gasteiger partial charge in [0.15, 0.2) is 12.4 Å². The number of fused-ring (bicyclic) bond motifs is 4. The lowest BCUT2D eigenvalue weighted by atomic mass is 9.92. The number of halogens is 3. The number of amides is 2. The van der Waals surface area contributed by atoms with E-state index in [0.29, 0.717) is 70.8 Å². The Labute approximate surface area is 366 Å². The summed E-state index contributed by atoms with van der Waals surface area (Å²) in [6.07, 6.45) is 5.49. The lowest BCUT2D eigenvalue weighted by molar-refractivity contribution is -0.134. The lowest BCUT2D eigenvalue weighted by Crippen LogP contribution is -2.56. The molecule has 3 saturated heterocycles. The molecule has 3 aromatic heterocycles. The second kappa shape index (κ2) is 16.2. The van der Waals surface area contributed by atoms with Gasteiger partial charge in [-0.15, -0.1) is 0 Å². The summed E-state index contributed by atoms with van der Waals surface area (Å²) < 4.78 is 39.1. The van der Waals surface area contributed by atoms with Crippen LogP contribution in [0.2, 0.25) is 5.02 Å². The number of aryl methyl sites for hydroxylation is 2. The number of piperazine rings is 1. The number of hydrogen-bond donors (Lipinski definition) is 4. The van der Waals surface area contributed by atoms with E-state index in [1.807, 2.05) is 23.9 Å². The van der Waals surface area contributed by atoms with Gasteiger partial charge in [-0.1, -0.05) is 23.7 Å². The molecule has 19 heteroatoms. The third-order valence-electron chi connectivity index (χ3n) is 13.6. The van der Waals surface area contributed by atoms with Gasteiger partial charge in [-0.25, -0.2) is 13.8 Å². The number of pyridine rings is 1. The van der Waals surface area contributed by atoms with Gasteiger partial charge in [0.25, 0.3) is 5.56 Å². The molecule has 3 atom stereocenters. The predicted octanol–water partition coefficient (Wildman–Crippen LogP) is 4.75. The molecule has 2 aromatic carbocycles. The maximum absolute atomic E-state index is 15.2. The smallest absolute Gasteiger partial charge is 0.301 e. The SMILES string of the molecule is Cn1nc(C2CCC(=O)NC2=O)c2cccc(N3CCN(CC4CCN(c5ncc(Cl)c(Nc6ccc7c(c6)c6c(c(=O)n7C)OCC(F)(F)[C@H](C7CC7)N6)n5)CC4)[C@@H](CO)C3)c21. The number of nitrogens with zero attached hydrogens (tertiary/aromatic N) is 8. The van der Waals surface area contributed by atoms with Gasteiger partial charge in [0.2, 0.25) is 23.5 Å². The molecule has 5 aliphatic rings. The highest BCUT2D eigenvalue weighted by atomic mass is 35.5. The van der Waals surface area contributed by atoms with E-state index >= 15 is 8.78 Å². The average Bonchev–Trinajstić information content (AvgIpc) is 4.08. The van der Waals surface area contributed by atoms with Gasteiger partial charge in [-0.3, -0.25) is 29.3 Å². The molecule has 0 radical (unpaired) electrons. The molecule has 1 aliphatic carbocycles. The van der Waals surface area contributed by atoms with Gasteiger partial charge in [0.05, 0.1) is 58.9 Å². The number of aromatic nitrogens is 5. The van der Waals surface area contributed by atoms with E-state index in [2.05, 4.69) is 41.7 Å². The van der Waals surface area contributed by atoms with Crippen molar-refractivity contribution in [3.63, 3.8) is 0 Å². The Balaban J connectivity index is 0.797. The van der Waals surface area contributed by atoms with Crippen LogP contribution in [0.4, 0.5) is 37.6 Å². The summed E-state index contributed by atoms with van der Waals surface area (Å²) in [5, 5.41) is 26.0. The van der Waals surface area contributed by atoms with E-state index in [0.717, 1.165) is 62.2 Å². The molecular weight excluding hydrogens is 836 g/mol. The Bertz CT molecular complexity index is 2680. The largest absolute Gasteiger partial charge is 0.480 e. The minimum atomic E-state index is -3.14. The van der Waals surface area contributed by atoms with Crippen LogP contribution in [0, 0.1) is 11.8 Å². The number of aliphatic hydroxyl groups is 1. The maximum Gasteiger partial charge on any atom is 0.301 e. The molecule has 332 valence electrons. The quantitative estimate of drug-likeness (QED) is 0.150. The first-order valence-electron chi connectivity index (χ1n) is 21.7. The number of piperidine rings is 2. The zero-order chi connectivity index (χ0) is 43.7. The fourth-order valence-corrected chi connectivity index (χ4v) is 10.1. The zero-order valence-corrected chi connectivity index (χ0v) is 35.9. The van der Waals surface area contributed by atoms with Gasteiger partial charge in [0, 0.05) is 76.2 Å². The number of rotatable bonds is 9.